The van der Waals surface area contributed by atoms with Crippen LogP contribution in [-0.2, 0) is 16.2 Å². The van der Waals surface area contributed by atoms with Crippen LogP contribution in [0.3, 0.4) is 0 Å². The Kier molecular flexibility index (Phi) is 9.58. The molecule has 5 nitrogen and oxygen atoms in total. The second-order valence-corrected chi connectivity index (χ2v) is 13.1. The Morgan fingerprint density at radius 3 is 2.12 bits per heavy atom. The number of oxime groups is 1. The normalized spacial score (nSPS) is 12.6. The summed E-state index contributed by atoms with van der Waals surface area (Å²) in [5.41, 5.74) is 9.09. The summed E-state index contributed by atoms with van der Waals surface area (Å²) < 4.78 is 2.47. The molecule has 244 valence electrons. The Labute approximate surface area is 283 Å². The van der Waals surface area contributed by atoms with Gasteiger partial charge in [0.15, 0.2) is 5.78 Å². The van der Waals surface area contributed by atoms with Gasteiger partial charge in [-0.25, -0.2) is 4.79 Å². The molecule has 0 N–H and O–H groups in total. The Bertz CT molecular complexity index is 2170. The molecule has 0 aliphatic rings. The van der Waals surface area contributed by atoms with E-state index in [4.69, 9.17) is 4.84 Å². The van der Waals surface area contributed by atoms with Crippen molar-refractivity contribution in [3.63, 3.8) is 0 Å². The quantitative estimate of drug-likeness (QED) is 0.0615. The average Bonchev–Trinajstić information content (AvgIpc) is 3.38. The van der Waals surface area contributed by atoms with Crippen molar-refractivity contribution in [3.8, 4) is 0 Å². The molecule has 0 saturated heterocycles. The van der Waals surface area contributed by atoms with E-state index in [0.717, 1.165) is 78.9 Å². The van der Waals surface area contributed by atoms with Crippen molar-refractivity contribution in [2.45, 2.75) is 73.8 Å². The summed E-state index contributed by atoms with van der Waals surface area (Å²) in [6.45, 7) is 12.9. The SMILES string of the molecule is CCCCC(CC)Cn1c2ccc(C(=NOC(C)=O)c3ccccc3)cc2c2cc(C(=O)c3c(C)cc(C)cc3C)c3ccccc3c21. The van der Waals surface area contributed by atoms with Crippen LogP contribution in [0.15, 0.2) is 96.2 Å². The first-order valence-electron chi connectivity index (χ1n) is 17.1. The van der Waals surface area contributed by atoms with E-state index in [0.29, 0.717) is 17.2 Å². The van der Waals surface area contributed by atoms with Crippen LogP contribution >= 0.6 is 0 Å². The number of hydrogen-bond donors (Lipinski definition) is 0. The van der Waals surface area contributed by atoms with Gasteiger partial charge in [-0.05, 0) is 67.8 Å². The van der Waals surface area contributed by atoms with Crippen molar-refractivity contribution in [2.75, 3.05) is 0 Å². The highest BCUT2D eigenvalue weighted by molar-refractivity contribution is 6.27. The van der Waals surface area contributed by atoms with Crippen molar-refractivity contribution in [1.29, 1.82) is 0 Å². The predicted octanol–water partition coefficient (Wildman–Crippen LogP) is 10.6. The van der Waals surface area contributed by atoms with Crippen LogP contribution in [0.2, 0.25) is 0 Å². The number of aryl methyl sites for hydroxylation is 3. The molecular formula is C43H44N2O3. The van der Waals surface area contributed by atoms with Gasteiger partial charge in [0.05, 0.1) is 5.52 Å². The number of nitrogens with zero attached hydrogens (tertiary/aromatic N) is 2. The van der Waals surface area contributed by atoms with Crippen LogP contribution in [0.4, 0.5) is 0 Å². The van der Waals surface area contributed by atoms with E-state index in [9.17, 15) is 9.59 Å². The highest BCUT2D eigenvalue weighted by atomic mass is 16.7. The van der Waals surface area contributed by atoms with Crippen LogP contribution in [0, 0.1) is 26.7 Å². The van der Waals surface area contributed by atoms with Gasteiger partial charge in [-0.2, -0.15) is 0 Å². The van der Waals surface area contributed by atoms with Gasteiger partial charge in [0.2, 0.25) is 0 Å². The molecule has 0 radical (unpaired) electrons. The monoisotopic (exact) mass is 636 g/mol. The number of rotatable bonds is 11. The zero-order valence-electron chi connectivity index (χ0n) is 28.9. The summed E-state index contributed by atoms with van der Waals surface area (Å²) in [4.78, 5) is 31.6. The number of carbonyl (C=O) groups excluding carboxylic acids is 2. The van der Waals surface area contributed by atoms with Crippen molar-refractivity contribution in [1.82, 2.24) is 4.57 Å². The molecule has 6 aromatic rings. The molecule has 1 atom stereocenters. The van der Waals surface area contributed by atoms with Crippen LogP contribution in [0.5, 0.6) is 0 Å². The van der Waals surface area contributed by atoms with E-state index in [2.05, 4.69) is 85.1 Å². The third kappa shape index (κ3) is 6.29. The van der Waals surface area contributed by atoms with Gasteiger partial charge in [-0.1, -0.05) is 117 Å². The summed E-state index contributed by atoms with van der Waals surface area (Å²) in [6, 6.07) is 30.8. The standard InChI is InChI=1S/C43H44N2O3/c1-7-9-15-31(8-2)26-45-39-21-20-33(41(44-48-30(6)46)32-16-11-10-12-17-32)24-36(39)37-25-38(34-18-13-14-19-35(34)42(37)45)43(47)40-28(4)22-27(3)23-29(40)5/h10-14,16-25,31H,7-9,15,26H2,1-6H3. The maximum absolute atomic E-state index is 14.6. The van der Waals surface area contributed by atoms with Gasteiger partial charge in [-0.15, -0.1) is 0 Å². The molecule has 0 amide bonds. The van der Waals surface area contributed by atoms with Crippen molar-refractivity contribution >= 4 is 50.0 Å². The average molecular weight is 637 g/mol. The zero-order valence-corrected chi connectivity index (χ0v) is 28.9. The Morgan fingerprint density at radius 1 is 0.771 bits per heavy atom. The number of fused-ring (bicyclic) bond motifs is 5. The Morgan fingerprint density at radius 2 is 1.46 bits per heavy atom. The number of aromatic nitrogens is 1. The molecule has 0 fully saturated rings. The van der Waals surface area contributed by atoms with Crippen LogP contribution in [0.25, 0.3) is 32.6 Å². The lowest BCUT2D eigenvalue weighted by atomic mass is 9.89. The highest BCUT2D eigenvalue weighted by Crippen LogP contribution is 2.39. The van der Waals surface area contributed by atoms with Gasteiger partial charge in [0.1, 0.15) is 5.71 Å². The molecule has 0 spiro atoms. The minimum Gasteiger partial charge on any atom is -0.340 e. The van der Waals surface area contributed by atoms with Crippen LogP contribution in [0.1, 0.15) is 90.2 Å². The van der Waals surface area contributed by atoms with Gasteiger partial charge in [0.25, 0.3) is 0 Å². The number of hydrogen-bond acceptors (Lipinski definition) is 4. The van der Waals surface area contributed by atoms with Crippen molar-refractivity contribution < 1.29 is 14.4 Å². The Hall–Kier alpha value is -5.03. The molecule has 1 unspecified atom stereocenters. The minimum atomic E-state index is -0.477. The van der Waals surface area contributed by atoms with Crippen molar-refractivity contribution in [3.05, 3.63) is 130 Å². The summed E-state index contributed by atoms with van der Waals surface area (Å²) in [6.07, 6.45) is 4.62. The highest BCUT2D eigenvalue weighted by Gasteiger charge is 2.24. The van der Waals surface area contributed by atoms with E-state index in [1.807, 2.05) is 50.2 Å². The molecule has 0 aliphatic heterocycles. The molecule has 0 saturated carbocycles. The topological polar surface area (TPSA) is 60.7 Å². The van der Waals surface area contributed by atoms with E-state index in [1.165, 1.54) is 26.2 Å². The van der Waals surface area contributed by atoms with Gasteiger partial charge in [-0.3, -0.25) is 4.79 Å². The van der Waals surface area contributed by atoms with E-state index in [1.54, 1.807) is 0 Å². The molecule has 0 aliphatic carbocycles. The van der Waals surface area contributed by atoms with Crippen molar-refractivity contribution in [2.24, 2.45) is 11.1 Å². The fraction of sp³-hybridized carbons (Fsp3) is 0.279. The predicted molar refractivity (Wildman–Crippen MR) is 198 cm³/mol. The smallest absolute Gasteiger partial charge is 0.332 e. The third-order valence-electron chi connectivity index (χ3n) is 9.58. The van der Waals surface area contributed by atoms with Gasteiger partial charge >= 0.3 is 5.97 Å². The fourth-order valence-electron chi connectivity index (χ4n) is 7.31. The maximum Gasteiger partial charge on any atom is 0.332 e. The zero-order chi connectivity index (χ0) is 33.9. The minimum absolute atomic E-state index is 0.0379. The molecule has 1 aromatic heterocycles. The summed E-state index contributed by atoms with van der Waals surface area (Å²) >= 11 is 0. The molecule has 5 heteroatoms. The fourth-order valence-corrected chi connectivity index (χ4v) is 7.31. The molecule has 1 heterocycles. The first kappa shape index (κ1) is 32.9. The summed E-state index contributed by atoms with van der Waals surface area (Å²) in [7, 11) is 0. The van der Waals surface area contributed by atoms with E-state index < -0.39 is 5.97 Å². The number of carbonyl (C=O) groups is 2. The first-order chi connectivity index (χ1) is 23.2. The van der Waals surface area contributed by atoms with Crippen LogP contribution < -0.4 is 0 Å². The van der Waals surface area contributed by atoms with Gasteiger partial charge in [0, 0.05) is 57.4 Å². The Balaban J connectivity index is 1.67. The maximum atomic E-state index is 14.6. The molecular weight excluding hydrogens is 592 g/mol. The molecule has 5 aromatic carbocycles. The lowest BCUT2D eigenvalue weighted by Crippen LogP contribution is -2.11. The third-order valence-corrected chi connectivity index (χ3v) is 9.58. The number of ketones is 1. The molecule has 48 heavy (non-hydrogen) atoms. The first-order valence-corrected chi connectivity index (χ1v) is 17.1. The second-order valence-electron chi connectivity index (χ2n) is 13.1. The number of benzene rings is 5. The largest absolute Gasteiger partial charge is 0.340 e. The number of unbranched alkanes of at least 4 members (excludes halogenated alkanes) is 1. The lowest BCUT2D eigenvalue weighted by molar-refractivity contribution is -0.140. The molecule has 0 bridgehead atoms. The van der Waals surface area contributed by atoms with E-state index >= 15 is 0 Å². The molecule has 6 rings (SSSR count). The van der Waals surface area contributed by atoms with E-state index in [-0.39, 0.29) is 5.78 Å². The van der Waals surface area contributed by atoms with Gasteiger partial charge < -0.3 is 9.40 Å². The lowest BCUT2D eigenvalue weighted by Gasteiger charge is -2.19. The second kappa shape index (κ2) is 14.0. The van der Waals surface area contributed by atoms with Crippen LogP contribution in [-0.4, -0.2) is 22.0 Å². The summed E-state index contributed by atoms with van der Waals surface area (Å²) in [5.74, 6) is 0.0813. The summed E-state index contributed by atoms with van der Waals surface area (Å²) in [5, 5.41) is 8.42.